The second-order valence-corrected chi connectivity index (χ2v) is 6.16. The largest absolute Gasteiger partial charge is 0.481 e. The van der Waals surface area contributed by atoms with Crippen molar-refractivity contribution in [3.05, 3.63) is 0 Å². The molecule has 1 saturated heterocycles. The Hall–Kier alpha value is -1.26. The summed E-state index contributed by atoms with van der Waals surface area (Å²) in [6.07, 6.45) is 3.41. The number of hydrogen-bond donors (Lipinski definition) is 2. The van der Waals surface area contributed by atoms with Crippen molar-refractivity contribution in [2.45, 2.75) is 46.5 Å². The van der Waals surface area contributed by atoms with Crippen LogP contribution in [0.3, 0.4) is 0 Å². The van der Waals surface area contributed by atoms with Gasteiger partial charge in [-0.15, -0.1) is 0 Å². The van der Waals surface area contributed by atoms with Gasteiger partial charge in [0.1, 0.15) is 0 Å². The van der Waals surface area contributed by atoms with Crippen molar-refractivity contribution >= 4 is 12.0 Å². The summed E-state index contributed by atoms with van der Waals surface area (Å²) in [6.45, 7) is 8.11. The van der Waals surface area contributed by atoms with Crippen molar-refractivity contribution in [1.82, 2.24) is 10.2 Å². The molecule has 1 heterocycles. The maximum absolute atomic E-state index is 12.0. The van der Waals surface area contributed by atoms with Gasteiger partial charge in [-0.1, -0.05) is 27.2 Å². The fourth-order valence-corrected chi connectivity index (χ4v) is 2.30. The molecule has 19 heavy (non-hydrogen) atoms. The number of nitrogens with zero attached hydrogens (tertiary/aromatic N) is 1. The maximum atomic E-state index is 12.0. The first-order chi connectivity index (χ1) is 8.85. The monoisotopic (exact) mass is 270 g/mol. The van der Waals surface area contributed by atoms with Crippen molar-refractivity contribution in [2.24, 2.45) is 11.3 Å². The van der Waals surface area contributed by atoms with E-state index in [9.17, 15) is 9.59 Å². The second-order valence-electron chi connectivity index (χ2n) is 6.16. The molecule has 0 aromatic heterocycles. The van der Waals surface area contributed by atoms with Crippen LogP contribution in [0.5, 0.6) is 0 Å². The van der Waals surface area contributed by atoms with Gasteiger partial charge in [0.25, 0.3) is 0 Å². The minimum atomic E-state index is -0.832. The van der Waals surface area contributed by atoms with Gasteiger partial charge in [-0.25, -0.2) is 4.79 Å². The number of aliphatic carboxylic acids is 1. The van der Waals surface area contributed by atoms with Gasteiger partial charge in [-0.05, 0) is 24.7 Å². The van der Waals surface area contributed by atoms with Gasteiger partial charge >= 0.3 is 12.0 Å². The molecule has 1 rings (SSSR count). The zero-order chi connectivity index (χ0) is 14.5. The van der Waals surface area contributed by atoms with Crippen LogP contribution in [0.1, 0.15) is 46.5 Å². The molecular formula is C14H26N2O3. The molecule has 1 unspecified atom stereocenters. The van der Waals surface area contributed by atoms with E-state index in [-0.39, 0.29) is 12.6 Å². The number of carbonyl (C=O) groups excluding carboxylic acids is 1. The van der Waals surface area contributed by atoms with Gasteiger partial charge in [0.05, 0.1) is 5.92 Å². The number of carboxylic acids is 1. The third kappa shape index (κ3) is 5.09. The molecule has 1 aliphatic rings. The lowest BCUT2D eigenvalue weighted by Crippen LogP contribution is -2.47. The van der Waals surface area contributed by atoms with Gasteiger partial charge in [0.15, 0.2) is 0 Å². The number of carboxylic acid groups (broad SMARTS) is 1. The molecule has 0 aromatic carbocycles. The van der Waals surface area contributed by atoms with E-state index in [1.807, 2.05) is 6.92 Å². The van der Waals surface area contributed by atoms with E-state index < -0.39 is 11.9 Å². The fourth-order valence-electron chi connectivity index (χ4n) is 2.30. The first kappa shape index (κ1) is 15.8. The number of amides is 2. The topological polar surface area (TPSA) is 69.6 Å². The van der Waals surface area contributed by atoms with E-state index >= 15 is 0 Å². The van der Waals surface area contributed by atoms with E-state index in [0.717, 1.165) is 32.4 Å². The van der Waals surface area contributed by atoms with Crippen LogP contribution in [-0.2, 0) is 4.79 Å². The van der Waals surface area contributed by atoms with Crippen molar-refractivity contribution in [3.63, 3.8) is 0 Å². The minimum absolute atomic E-state index is 0.127. The normalized spacial score (nSPS) is 19.8. The lowest BCUT2D eigenvalue weighted by Gasteiger charge is -2.36. The lowest BCUT2D eigenvalue weighted by atomic mass is 9.83. The molecule has 110 valence electrons. The molecule has 2 amide bonds. The molecule has 1 atom stereocenters. The highest BCUT2D eigenvalue weighted by Crippen LogP contribution is 2.29. The summed E-state index contributed by atoms with van der Waals surface area (Å²) in [6, 6.07) is -0.127. The van der Waals surface area contributed by atoms with Crippen molar-refractivity contribution in [3.8, 4) is 0 Å². The SMILES string of the molecule is CCCC(CNC(=O)N1CCC(C)(C)CC1)C(=O)O. The molecular weight excluding hydrogens is 244 g/mol. The first-order valence-electron chi connectivity index (χ1n) is 7.11. The number of likely N-dealkylation sites (tertiary alicyclic amines) is 1. The second kappa shape index (κ2) is 6.78. The highest BCUT2D eigenvalue weighted by Gasteiger charge is 2.28. The predicted molar refractivity (Wildman–Crippen MR) is 74.0 cm³/mol. The van der Waals surface area contributed by atoms with Crippen LogP contribution < -0.4 is 5.32 Å². The summed E-state index contributed by atoms with van der Waals surface area (Å²) in [7, 11) is 0. The zero-order valence-corrected chi connectivity index (χ0v) is 12.2. The number of carbonyl (C=O) groups is 2. The average molecular weight is 270 g/mol. The Bertz CT molecular complexity index is 319. The third-order valence-corrected chi connectivity index (χ3v) is 3.89. The molecule has 0 radical (unpaired) electrons. The van der Waals surface area contributed by atoms with Gasteiger partial charge < -0.3 is 15.3 Å². The van der Waals surface area contributed by atoms with E-state index in [4.69, 9.17) is 5.11 Å². The lowest BCUT2D eigenvalue weighted by molar-refractivity contribution is -0.141. The fraction of sp³-hybridized carbons (Fsp3) is 0.857. The third-order valence-electron chi connectivity index (χ3n) is 3.89. The quantitative estimate of drug-likeness (QED) is 0.805. The number of urea groups is 1. The van der Waals surface area contributed by atoms with Crippen LogP contribution in [0.25, 0.3) is 0 Å². The zero-order valence-electron chi connectivity index (χ0n) is 12.2. The Balaban J connectivity index is 2.37. The summed E-state index contributed by atoms with van der Waals surface area (Å²) in [5.41, 5.74) is 0.308. The molecule has 1 fully saturated rings. The molecule has 5 heteroatoms. The van der Waals surface area contributed by atoms with E-state index in [2.05, 4.69) is 19.2 Å². The van der Waals surface area contributed by atoms with Crippen molar-refractivity contribution in [1.29, 1.82) is 0 Å². The van der Waals surface area contributed by atoms with Crippen LogP contribution >= 0.6 is 0 Å². The Morgan fingerprint density at radius 2 is 1.89 bits per heavy atom. The smallest absolute Gasteiger partial charge is 0.317 e. The summed E-state index contributed by atoms with van der Waals surface area (Å²) < 4.78 is 0. The molecule has 1 aliphatic heterocycles. The Kier molecular flexibility index (Phi) is 5.63. The van der Waals surface area contributed by atoms with Crippen molar-refractivity contribution in [2.75, 3.05) is 19.6 Å². The Morgan fingerprint density at radius 3 is 2.37 bits per heavy atom. The highest BCUT2D eigenvalue weighted by atomic mass is 16.4. The molecule has 2 N–H and O–H groups in total. The van der Waals surface area contributed by atoms with Crippen LogP contribution in [0.15, 0.2) is 0 Å². The van der Waals surface area contributed by atoms with E-state index in [1.165, 1.54) is 0 Å². The average Bonchev–Trinajstić information content (AvgIpc) is 2.33. The van der Waals surface area contributed by atoms with Crippen LogP contribution in [-0.4, -0.2) is 41.6 Å². The van der Waals surface area contributed by atoms with Crippen molar-refractivity contribution < 1.29 is 14.7 Å². The maximum Gasteiger partial charge on any atom is 0.317 e. The number of nitrogens with one attached hydrogen (secondary N) is 1. The number of rotatable bonds is 5. The van der Waals surface area contributed by atoms with Crippen LogP contribution in [0.2, 0.25) is 0 Å². The summed E-state index contributed by atoms with van der Waals surface area (Å²) in [5.74, 6) is -1.31. The number of piperidine rings is 1. The van der Waals surface area contributed by atoms with E-state index in [0.29, 0.717) is 11.8 Å². The molecule has 0 bridgehead atoms. The van der Waals surface area contributed by atoms with Gasteiger partial charge in [0.2, 0.25) is 0 Å². The molecule has 0 aliphatic carbocycles. The Morgan fingerprint density at radius 1 is 1.32 bits per heavy atom. The van der Waals surface area contributed by atoms with Gasteiger partial charge in [-0.3, -0.25) is 4.79 Å². The predicted octanol–water partition coefficient (Wildman–Crippen LogP) is 2.32. The summed E-state index contributed by atoms with van der Waals surface area (Å²) in [4.78, 5) is 24.7. The minimum Gasteiger partial charge on any atom is -0.481 e. The van der Waals surface area contributed by atoms with E-state index in [1.54, 1.807) is 4.90 Å². The first-order valence-corrected chi connectivity index (χ1v) is 7.11. The van der Waals surface area contributed by atoms with Gasteiger partial charge in [0, 0.05) is 19.6 Å². The molecule has 0 aromatic rings. The standard InChI is InChI=1S/C14H26N2O3/c1-4-5-11(12(17)18)10-15-13(19)16-8-6-14(2,3)7-9-16/h11H,4-10H2,1-3H3,(H,15,19)(H,17,18). The highest BCUT2D eigenvalue weighted by molar-refractivity contribution is 5.76. The van der Waals surface area contributed by atoms with Crippen LogP contribution in [0.4, 0.5) is 4.79 Å². The van der Waals surface area contributed by atoms with Gasteiger partial charge in [-0.2, -0.15) is 0 Å². The van der Waals surface area contributed by atoms with Crippen LogP contribution in [0, 0.1) is 11.3 Å². The molecule has 5 nitrogen and oxygen atoms in total. The number of hydrogen-bond acceptors (Lipinski definition) is 2. The molecule has 0 saturated carbocycles. The molecule has 0 spiro atoms. The Labute approximate surface area is 115 Å². The summed E-state index contributed by atoms with van der Waals surface area (Å²) >= 11 is 0. The summed E-state index contributed by atoms with van der Waals surface area (Å²) in [5, 5.41) is 11.8.